The van der Waals surface area contributed by atoms with Gasteiger partial charge in [-0.2, -0.15) is 0 Å². The van der Waals surface area contributed by atoms with E-state index >= 15 is 0 Å². The van der Waals surface area contributed by atoms with Gasteiger partial charge in [-0.25, -0.2) is 0 Å². The molecule has 2 unspecified atom stereocenters. The molecule has 0 bridgehead atoms. The van der Waals surface area contributed by atoms with E-state index in [1.165, 1.54) is 31.1 Å². The van der Waals surface area contributed by atoms with Crippen LogP contribution in [0.3, 0.4) is 0 Å². The molecule has 4 N–H and O–H groups in total. The maximum absolute atomic E-state index is 10.4. The van der Waals surface area contributed by atoms with Gasteiger partial charge in [0.1, 0.15) is 17.6 Å². The van der Waals surface area contributed by atoms with Crippen molar-refractivity contribution in [2.24, 2.45) is 17.6 Å². The lowest BCUT2D eigenvalue weighted by atomic mass is 9.85. The van der Waals surface area contributed by atoms with Gasteiger partial charge in [0.05, 0.1) is 5.60 Å². The van der Waals surface area contributed by atoms with Crippen molar-refractivity contribution in [1.29, 1.82) is 0 Å². The number of nitrogens with two attached hydrogens (primary N) is 1. The van der Waals surface area contributed by atoms with Gasteiger partial charge in [-0.3, -0.25) is 0 Å². The van der Waals surface area contributed by atoms with Gasteiger partial charge in [-0.1, -0.05) is 26.3 Å². The molecule has 2 aliphatic heterocycles. The summed E-state index contributed by atoms with van der Waals surface area (Å²) < 4.78 is 6.43. The lowest BCUT2D eigenvalue weighted by Crippen LogP contribution is -2.33. The molecule has 0 amide bonds. The van der Waals surface area contributed by atoms with Crippen LogP contribution >= 0.6 is 0 Å². The number of fused-ring (bicyclic) bond motifs is 1. The molecule has 1 saturated carbocycles. The second kappa shape index (κ2) is 10.8. The zero-order valence-electron chi connectivity index (χ0n) is 21.6. The minimum absolute atomic E-state index is 0.0353. The van der Waals surface area contributed by atoms with Gasteiger partial charge in [0.15, 0.2) is 0 Å². The molecule has 5 nitrogen and oxygen atoms in total. The van der Waals surface area contributed by atoms with Crippen LogP contribution in [-0.2, 0) is 4.74 Å². The maximum Gasteiger partial charge on any atom is 0.138 e. The lowest BCUT2D eigenvalue weighted by molar-refractivity contribution is 0.0439. The minimum atomic E-state index is -0.832. The largest absolute Gasteiger partial charge is 0.458 e. The van der Waals surface area contributed by atoms with Crippen LogP contribution in [0.2, 0.25) is 0 Å². The van der Waals surface area contributed by atoms with Crippen LogP contribution in [0.15, 0.2) is 77.9 Å². The smallest absolute Gasteiger partial charge is 0.138 e. The number of rotatable bonds is 10. The van der Waals surface area contributed by atoms with E-state index in [-0.39, 0.29) is 12.0 Å². The van der Waals surface area contributed by atoms with E-state index in [4.69, 9.17) is 10.5 Å². The molecule has 0 spiro atoms. The fourth-order valence-corrected chi connectivity index (χ4v) is 4.73. The van der Waals surface area contributed by atoms with Crippen molar-refractivity contribution in [2.45, 2.75) is 65.0 Å². The molecule has 1 fully saturated rings. The lowest BCUT2D eigenvalue weighted by Gasteiger charge is -2.33. The Morgan fingerprint density at radius 1 is 1.29 bits per heavy atom. The van der Waals surface area contributed by atoms with Crippen LogP contribution in [0.5, 0.6) is 0 Å². The number of hydrogen-bond acceptors (Lipinski definition) is 5. The van der Waals surface area contributed by atoms with Crippen molar-refractivity contribution < 1.29 is 9.84 Å². The molecule has 2 heterocycles. The quantitative estimate of drug-likeness (QED) is 0.383. The SMILES string of the molecule is CCCN(CC1CCC1)c1ccc(C2=CC3NC=CC(C(/C=C\N)=C/C(C)C(C)(C)O)=C3O2)cc1. The average Bonchev–Trinajstić information content (AvgIpc) is 3.24. The first kappa shape index (κ1) is 25.2. The number of nitrogens with one attached hydrogen (secondary N) is 1. The Hall–Kier alpha value is -2.92. The summed E-state index contributed by atoms with van der Waals surface area (Å²) in [6.07, 6.45) is 16.8. The zero-order chi connectivity index (χ0) is 25.0. The van der Waals surface area contributed by atoms with Crippen molar-refractivity contribution in [3.8, 4) is 0 Å². The molecule has 2 atom stereocenters. The Morgan fingerprint density at radius 2 is 2.03 bits per heavy atom. The van der Waals surface area contributed by atoms with Gasteiger partial charge in [0.2, 0.25) is 0 Å². The number of ether oxygens (including phenoxy) is 1. The van der Waals surface area contributed by atoms with Gasteiger partial charge in [0, 0.05) is 35.8 Å². The van der Waals surface area contributed by atoms with E-state index in [1.54, 1.807) is 0 Å². The number of allylic oxidation sites excluding steroid dienone is 4. The summed E-state index contributed by atoms with van der Waals surface area (Å²) in [5, 5.41) is 13.8. The molecule has 35 heavy (non-hydrogen) atoms. The average molecular weight is 476 g/mol. The van der Waals surface area contributed by atoms with Gasteiger partial charge in [-0.05, 0) is 99.5 Å². The molecule has 1 aliphatic carbocycles. The summed E-state index contributed by atoms with van der Waals surface area (Å²) in [6.45, 7) is 10.1. The van der Waals surface area contributed by atoms with E-state index < -0.39 is 5.60 Å². The van der Waals surface area contributed by atoms with Crippen molar-refractivity contribution in [2.75, 3.05) is 18.0 Å². The second-order valence-corrected chi connectivity index (χ2v) is 10.6. The van der Waals surface area contributed by atoms with Crippen LogP contribution in [0.4, 0.5) is 5.69 Å². The molecule has 1 aromatic carbocycles. The predicted octanol–water partition coefficient (Wildman–Crippen LogP) is 5.62. The second-order valence-electron chi connectivity index (χ2n) is 10.6. The summed E-state index contributed by atoms with van der Waals surface area (Å²) >= 11 is 0. The van der Waals surface area contributed by atoms with E-state index in [9.17, 15) is 5.11 Å². The highest BCUT2D eigenvalue weighted by Crippen LogP contribution is 2.37. The molecular weight excluding hydrogens is 434 g/mol. The van der Waals surface area contributed by atoms with Crippen LogP contribution in [-0.4, -0.2) is 29.8 Å². The summed E-state index contributed by atoms with van der Waals surface area (Å²) in [7, 11) is 0. The van der Waals surface area contributed by atoms with Crippen molar-refractivity contribution in [1.82, 2.24) is 5.32 Å². The first-order valence-electron chi connectivity index (χ1n) is 13.0. The van der Waals surface area contributed by atoms with E-state index in [0.29, 0.717) is 0 Å². The van der Waals surface area contributed by atoms with Crippen molar-refractivity contribution >= 4 is 11.4 Å². The molecule has 0 radical (unpaired) electrons. The highest BCUT2D eigenvalue weighted by molar-refractivity contribution is 5.69. The van der Waals surface area contributed by atoms with Crippen molar-refractivity contribution in [3.05, 3.63) is 83.4 Å². The number of benzene rings is 1. The fourth-order valence-electron chi connectivity index (χ4n) is 4.73. The molecule has 0 aromatic heterocycles. The fraction of sp³-hybridized carbons (Fsp3) is 0.467. The van der Waals surface area contributed by atoms with Gasteiger partial charge >= 0.3 is 0 Å². The molecular formula is C30H41N3O2. The standard InChI is InChI=1S/C30H41N3O2/c1-5-17-33(20-22-7-6-8-22)25-11-9-23(10-12-25)28-19-27-29(35-28)26(14-16-32-27)24(13-15-31)18-21(2)30(3,4)34/h9-16,18-19,21-22,27,32,34H,5-8,17,20,31H2,1-4H3/b15-13-,24-18+. The molecule has 5 heteroatoms. The first-order chi connectivity index (χ1) is 16.8. The number of anilines is 1. The molecule has 3 aliphatic rings. The molecule has 1 aromatic rings. The topological polar surface area (TPSA) is 70.8 Å². The maximum atomic E-state index is 10.4. The van der Waals surface area contributed by atoms with Crippen LogP contribution in [0, 0.1) is 11.8 Å². The van der Waals surface area contributed by atoms with Gasteiger partial charge in [-0.15, -0.1) is 0 Å². The number of dihydropyridines is 1. The predicted molar refractivity (Wildman–Crippen MR) is 145 cm³/mol. The highest BCUT2D eigenvalue weighted by Gasteiger charge is 2.30. The van der Waals surface area contributed by atoms with Crippen molar-refractivity contribution in [3.63, 3.8) is 0 Å². The van der Waals surface area contributed by atoms with Crippen LogP contribution < -0.4 is 16.0 Å². The van der Waals surface area contributed by atoms with Crippen LogP contribution in [0.1, 0.15) is 58.9 Å². The highest BCUT2D eigenvalue weighted by atomic mass is 16.5. The molecule has 4 rings (SSSR count). The third-order valence-electron chi connectivity index (χ3n) is 7.46. The Bertz CT molecular complexity index is 1040. The first-order valence-corrected chi connectivity index (χ1v) is 13.0. The van der Waals surface area contributed by atoms with Gasteiger partial charge in [0.25, 0.3) is 0 Å². The van der Waals surface area contributed by atoms with E-state index in [0.717, 1.165) is 53.7 Å². The van der Waals surface area contributed by atoms with E-state index in [1.807, 2.05) is 39.1 Å². The normalized spacial score (nSPS) is 21.3. The number of nitrogens with zero attached hydrogens (tertiary/aromatic N) is 1. The Kier molecular flexibility index (Phi) is 7.75. The summed E-state index contributed by atoms with van der Waals surface area (Å²) in [5.74, 6) is 2.50. The Balaban J connectivity index is 1.55. The summed E-state index contributed by atoms with van der Waals surface area (Å²) in [4.78, 5) is 2.53. The third-order valence-corrected chi connectivity index (χ3v) is 7.46. The monoisotopic (exact) mass is 475 g/mol. The van der Waals surface area contributed by atoms with Gasteiger partial charge < -0.3 is 25.8 Å². The molecule has 0 saturated heterocycles. The third kappa shape index (κ3) is 5.84. The Morgan fingerprint density at radius 3 is 2.63 bits per heavy atom. The van der Waals surface area contributed by atoms with E-state index in [2.05, 4.69) is 53.6 Å². The van der Waals surface area contributed by atoms with Crippen LogP contribution in [0.25, 0.3) is 5.76 Å². The zero-order valence-corrected chi connectivity index (χ0v) is 21.6. The number of hydrogen-bond donors (Lipinski definition) is 3. The minimum Gasteiger partial charge on any atom is -0.458 e. The Labute approximate surface area is 210 Å². The summed E-state index contributed by atoms with van der Waals surface area (Å²) in [5.41, 5.74) is 9.22. The number of aliphatic hydroxyl groups is 1. The molecule has 188 valence electrons. The summed E-state index contributed by atoms with van der Waals surface area (Å²) in [6, 6.07) is 8.76.